The third-order valence-corrected chi connectivity index (χ3v) is 4.37. The van der Waals surface area contributed by atoms with Gasteiger partial charge >= 0.3 is 5.97 Å². The molecule has 0 saturated carbocycles. The van der Waals surface area contributed by atoms with Crippen LogP contribution in [-0.2, 0) is 4.79 Å². The number of benzene rings is 1. The highest BCUT2D eigenvalue weighted by Gasteiger charge is 2.51. The van der Waals surface area contributed by atoms with Crippen molar-refractivity contribution in [2.24, 2.45) is 0 Å². The first-order valence-electron chi connectivity index (χ1n) is 7.00. The number of carboxylic acid groups (broad SMARTS) is 1. The number of nitrogens with zero attached hydrogens (tertiary/aromatic N) is 1. The first-order chi connectivity index (χ1) is 9.34. The summed E-state index contributed by atoms with van der Waals surface area (Å²) >= 11 is 0. The molecule has 2 atom stereocenters. The van der Waals surface area contributed by atoms with E-state index in [0.29, 0.717) is 17.5 Å². The molecular formula is C16H21NO3. The topological polar surface area (TPSA) is 57.6 Å². The summed E-state index contributed by atoms with van der Waals surface area (Å²) in [6, 6.07) is 7.02. The molecule has 1 N–H and O–H groups in total. The second-order valence-corrected chi connectivity index (χ2v) is 5.84. The highest BCUT2D eigenvalue weighted by atomic mass is 16.4. The lowest BCUT2D eigenvalue weighted by atomic mass is 9.72. The first-order valence-corrected chi connectivity index (χ1v) is 7.00. The van der Waals surface area contributed by atoms with Crippen LogP contribution in [0.1, 0.15) is 56.0 Å². The maximum atomic E-state index is 12.7. The van der Waals surface area contributed by atoms with E-state index in [1.165, 1.54) is 0 Å². The second kappa shape index (κ2) is 4.93. The summed E-state index contributed by atoms with van der Waals surface area (Å²) < 4.78 is 0. The molecule has 108 valence electrons. The maximum Gasteiger partial charge on any atom is 0.313 e. The Kier molecular flexibility index (Phi) is 3.59. The Morgan fingerprint density at radius 2 is 2.00 bits per heavy atom. The molecule has 0 saturated heterocycles. The van der Waals surface area contributed by atoms with Gasteiger partial charge in [-0.1, -0.05) is 25.1 Å². The molecule has 0 bridgehead atoms. The van der Waals surface area contributed by atoms with Crippen LogP contribution in [0.5, 0.6) is 0 Å². The molecule has 1 aliphatic rings. The number of fused-ring (bicyclic) bond motifs is 1. The van der Waals surface area contributed by atoms with Crippen LogP contribution < -0.4 is 0 Å². The van der Waals surface area contributed by atoms with Crippen molar-refractivity contribution in [1.29, 1.82) is 0 Å². The number of carbonyl (C=O) groups excluding carboxylic acids is 1. The van der Waals surface area contributed by atoms with Crippen molar-refractivity contribution >= 4 is 11.9 Å². The Labute approximate surface area is 119 Å². The Bertz CT molecular complexity index is 552. The van der Waals surface area contributed by atoms with Gasteiger partial charge < -0.3 is 10.0 Å². The summed E-state index contributed by atoms with van der Waals surface area (Å²) in [5.41, 5.74) is 0.441. The SMILES string of the molecule is CCC1(C)C(C(=O)O)c2ccccc2C(=O)N1C(C)C. The van der Waals surface area contributed by atoms with Crippen molar-refractivity contribution in [3.8, 4) is 0 Å². The van der Waals surface area contributed by atoms with E-state index in [4.69, 9.17) is 0 Å². The van der Waals surface area contributed by atoms with Crippen molar-refractivity contribution in [2.45, 2.75) is 51.6 Å². The Morgan fingerprint density at radius 3 is 2.50 bits per heavy atom. The molecule has 1 amide bonds. The van der Waals surface area contributed by atoms with Crippen LogP contribution in [-0.4, -0.2) is 33.5 Å². The van der Waals surface area contributed by atoms with Gasteiger partial charge in [0.15, 0.2) is 0 Å². The third kappa shape index (κ3) is 1.90. The lowest BCUT2D eigenvalue weighted by molar-refractivity contribution is -0.143. The Morgan fingerprint density at radius 1 is 1.40 bits per heavy atom. The van der Waals surface area contributed by atoms with Crippen molar-refractivity contribution < 1.29 is 14.7 Å². The Balaban J connectivity index is 2.73. The molecule has 0 spiro atoms. The lowest BCUT2D eigenvalue weighted by Gasteiger charge is -2.50. The van der Waals surface area contributed by atoms with E-state index in [1.807, 2.05) is 27.7 Å². The fraction of sp³-hybridized carbons (Fsp3) is 0.500. The summed E-state index contributed by atoms with van der Waals surface area (Å²) in [5.74, 6) is -1.64. The molecular weight excluding hydrogens is 254 g/mol. The van der Waals surface area contributed by atoms with Gasteiger partial charge in [0, 0.05) is 11.6 Å². The smallest absolute Gasteiger partial charge is 0.313 e. The number of aliphatic carboxylic acids is 1. The molecule has 0 radical (unpaired) electrons. The maximum absolute atomic E-state index is 12.7. The van der Waals surface area contributed by atoms with Crippen molar-refractivity contribution in [3.05, 3.63) is 35.4 Å². The molecule has 4 nitrogen and oxygen atoms in total. The van der Waals surface area contributed by atoms with E-state index >= 15 is 0 Å². The summed E-state index contributed by atoms with van der Waals surface area (Å²) in [7, 11) is 0. The number of rotatable bonds is 3. The molecule has 4 heteroatoms. The largest absolute Gasteiger partial charge is 0.481 e. The summed E-state index contributed by atoms with van der Waals surface area (Å²) in [6.45, 7) is 7.67. The van der Waals surface area contributed by atoms with E-state index in [1.54, 1.807) is 29.2 Å². The predicted octanol–water partition coefficient (Wildman–Crippen LogP) is 2.89. The highest BCUT2D eigenvalue weighted by molar-refractivity contribution is 6.01. The van der Waals surface area contributed by atoms with E-state index in [9.17, 15) is 14.7 Å². The number of amides is 1. The van der Waals surface area contributed by atoms with E-state index in [2.05, 4.69) is 0 Å². The van der Waals surface area contributed by atoms with Crippen LogP contribution in [0.3, 0.4) is 0 Å². The van der Waals surface area contributed by atoms with Crippen LogP contribution >= 0.6 is 0 Å². The zero-order chi connectivity index (χ0) is 15.1. The van der Waals surface area contributed by atoms with Gasteiger partial charge in [-0.3, -0.25) is 9.59 Å². The summed E-state index contributed by atoms with van der Waals surface area (Å²) in [6.07, 6.45) is 0.599. The molecule has 1 aliphatic heterocycles. The van der Waals surface area contributed by atoms with Gasteiger partial charge in [-0.15, -0.1) is 0 Å². The average Bonchev–Trinajstić information content (AvgIpc) is 2.38. The lowest BCUT2D eigenvalue weighted by Crippen LogP contribution is -2.60. The van der Waals surface area contributed by atoms with E-state index < -0.39 is 17.4 Å². The molecule has 2 unspecified atom stereocenters. The van der Waals surface area contributed by atoms with Gasteiger partial charge in [-0.2, -0.15) is 0 Å². The number of carbonyl (C=O) groups is 2. The van der Waals surface area contributed by atoms with Crippen LogP contribution in [0.25, 0.3) is 0 Å². The molecule has 1 aromatic carbocycles. The number of carboxylic acids is 1. The van der Waals surface area contributed by atoms with Crippen LogP contribution in [0.2, 0.25) is 0 Å². The predicted molar refractivity (Wildman–Crippen MR) is 76.8 cm³/mol. The minimum Gasteiger partial charge on any atom is -0.481 e. The van der Waals surface area contributed by atoms with Crippen molar-refractivity contribution in [2.75, 3.05) is 0 Å². The average molecular weight is 275 g/mol. The quantitative estimate of drug-likeness (QED) is 0.922. The molecule has 0 aliphatic carbocycles. The van der Waals surface area contributed by atoms with Crippen molar-refractivity contribution in [1.82, 2.24) is 4.90 Å². The Hall–Kier alpha value is -1.84. The molecule has 2 rings (SSSR count). The summed E-state index contributed by atoms with van der Waals surface area (Å²) in [5, 5.41) is 9.70. The van der Waals surface area contributed by atoms with Gasteiger partial charge in [0.2, 0.25) is 0 Å². The fourth-order valence-corrected chi connectivity index (χ4v) is 3.38. The normalized spacial score (nSPS) is 25.8. The van der Waals surface area contributed by atoms with Crippen LogP contribution in [0.15, 0.2) is 24.3 Å². The third-order valence-electron chi connectivity index (χ3n) is 4.37. The van der Waals surface area contributed by atoms with Gasteiger partial charge in [0.1, 0.15) is 5.92 Å². The monoisotopic (exact) mass is 275 g/mol. The van der Waals surface area contributed by atoms with Gasteiger partial charge in [-0.25, -0.2) is 0 Å². The molecule has 1 heterocycles. The van der Waals surface area contributed by atoms with Gasteiger partial charge in [0.05, 0.1) is 5.54 Å². The van der Waals surface area contributed by atoms with Crippen molar-refractivity contribution in [3.63, 3.8) is 0 Å². The van der Waals surface area contributed by atoms with Gasteiger partial charge in [-0.05, 0) is 38.8 Å². The molecule has 20 heavy (non-hydrogen) atoms. The summed E-state index contributed by atoms with van der Waals surface area (Å²) in [4.78, 5) is 26.3. The molecule has 0 fully saturated rings. The first kappa shape index (κ1) is 14.6. The number of hydrogen-bond donors (Lipinski definition) is 1. The zero-order valence-corrected chi connectivity index (χ0v) is 12.4. The standard InChI is InChI=1S/C16H21NO3/c1-5-16(4)13(15(19)20)11-8-6-7-9-12(11)14(18)17(16)10(2)3/h6-10,13H,5H2,1-4H3,(H,19,20). The number of hydrogen-bond acceptors (Lipinski definition) is 2. The van der Waals surface area contributed by atoms with Crippen LogP contribution in [0.4, 0.5) is 0 Å². The minimum atomic E-state index is -0.875. The zero-order valence-electron chi connectivity index (χ0n) is 12.4. The van der Waals surface area contributed by atoms with E-state index in [0.717, 1.165) is 0 Å². The molecule has 0 aromatic heterocycles. The minimum absolute atomic E-state index is 0.0392. The molecule has 1 aromatic rings. The fourth-order valence-electron chi connectivity index (χ4n) is 3.38. The second-order valence-electron chi connectivity index (χ2n) is 5.84. The van der Waals surface area contributed by atoms with E-state index in [-0.39, 0.29) is 11.9 Å². The van der Waals surface area contributed by atoms with Crippen LogP contribution in [0, 0.1) is 0 Å². The highest BCUT2D eigenvalue weighted by Crippen LogP contribution is 2.43. The van der Waals surface area contributed by atoms with Gasteiger partial charge in [0.25, 0.3) is 5.91 Å².